The fraction of sp³-hybridized carbons (Fsp3) is 0.929. The Morgan fingerprint density at radius 1 is 1.33 bits per heavy atom. The van der Waals surface area contributed by atoms with Crippen molar-refractivity contribution in [1.82, 2.24) is 0 Å². The molecule has 21 heavy (non-hydrogen) atoms. The number of esters is 1. The van der Waals surface area contributed by atoms with Gasteiger partial charge in [-0.25, -0.2) is 4.79 Å². The van der Waals surface area contributed by atoms with Gasteiger partial charge in [0.05, 0.1) is 17.8 Å². The summed E-state index contributed by atoms with van der Waals surface area (Å²) >= 11 is 3.37. The molecule has 1 N–H and O–H groups in total. The van der Waals surface area contributed by atoms with Crippen LogP contribution >= 0.6 is 23.5 Å². The minimum absolute atomic E-state index is 0.0181. The molecule has 0 aromatic carbocycles. The topological polar surface area (TPSA) is 65.0 Å². The minimum Gasteiger partial charge on any atom is -0.467 e. The van der Waals surface area contributed by atoms with Crippen LogP contribution in [-0.4, -0.2) is 57.9 Å². The van der Waals surface area contributed by atoms with E-state index in [-0.39, 0.29) is 4.58 Å². The molecule has 0 spiro atoms. The van der Waals surface area contributed by atoms with E-state index in [9.17, 15) is 9.90 Å². The molecule has 1 aliphatic rings. The largest absolute Gasteiger partial charge is 0.467 e. The van der Waals surface area contributed by atoms with Crippen LogP contribution in [0, 0.1) is 0 Å². The van der Waals surface area contributed by atoms with Crippen LogP contribution in [0.4, 0.5) is 0 Å². The van der Waals surface area contributed by atoms with Crippen molar-refractivity contribution < 1.29 is 24.1 Å². The second-order valence-electron chi connectivity index (χ2n) is 5.28. The molecule has 0 aliphatic carbocycles. The maximum absolute atomic E-state index is 12.4. The van der Waals surface area contributed by atoms with Crippen LogP contribution in [0.25, 0.3) is 0 Å². The number of methoxy groups -OCH3 is 1. The number of aliphatic hydroxyl groups is 1. The second-order valence-corrected chi connectivity index (χ2v) is 8.42. The van der Waals surface area contributed by atoms with Gasteiger partial charge in [-0.15, -0.1) is 23.5 Å². The molecule has 7 heteroatoms. The summed E-state index contributed by atoms with van der Waals surface area (Å²) in [7, 11) is 1.30. The van der Waals surface area contributed by atoms with Crippen LogP contribution in [0.2, 0.25) is 0 Å². The highest BCUT2D eigenvalue weighted by molar-refractivity contribution is 8.17. The van der Waals surface area contributed by atoms with Gasteiger partial charge in [-0.3, -0.25) is 0 Å². The van der Waals surface area contributed by atoms with Crippen LogP contribution in [0.15, 0.2) is 0 Å². The summed E-state index contributed by atoms with van der Waals surface area (Å²) < 4.78 is 16.7. The third-order valence-corrected chi connectivity index (χ3v) is 5.92. The first-order chi connectivity index (χ1) is 9.75. The molecule has 0 bridgehead atoms. The molecule has 1 fully saturated rings. The van der Waals surface area contributed by atoms with E-state index >= 15 is 0 Å². The van der Waals surface area contributed by atoms with Crippen molar-refractivity contribution in [2.45, 2.75) is 62.8 Å². The summed E-state index contributed by atoms with van der Waals surface area (Å²) in [5.41, 5.74) is -1.49. The molecule has 1 rings (SSSR count). The van der Waals surface area contributed by atoms with Crippen LogP contribution in [-0.2, 0) is 19.0 Å². The molecule has 1 saturated heterocycles. The maximum Gasteiger partial charge on any atom is 0.343 e. The van der Waals surface area contributed by atoms with Crippen molar-refractivity contribution in [3.05, 3.63) is 0 Å². The molecular weight excluding hydrogens is 312 g/mol. The number of thioether (sulfide) groups is 2. The van der Waals surface area contributed by atoms with Crippen LogP contribution in [0.3, 0.4) is 0 Å². The lowest BCUT2D eigenvalue weighted by atomic mass is 9.92. The van der Waals surface area contributed by atoms with Gasteiger partial charge in [0.15, 0.2) is 5.79 Å². The van der Waals surface area contributed by atoms with E-state index in [2.05, 4.69) is 13.8 Å². The van der Waals surface area contributed by atoms with Gasteiger partial charge >= 0.3 is 5.97 Å². The number of carbonyl (C=O) groups excluding carboxylic acids is 1. The summed E-state index contributed by atoms with van der Waals surface area (Å²) in [4.78, 5) is 12.4. The lowest BCUT2D eigenvalue weighted by Gasteiger charge is -2.35. The molecule has 0 amide bonds. The molecule has 0 radical (unpaired) electrons. The van der Waals surface area contributed by atoms with E-state index in [1.165, 1.54) is 7.11 Å². The number of aliphatic hydroxyl groups excluding tert-OH is 1. The number of carbonyl (C=O) groups is 1. The monoisotopic (exact) mass is 338 g/mol. The zero-order valence-corrected chi connectivity index (χ0v) is 15.2. The summed E-state index contributed by atoms with van der Waals surface area (Å²) in [5, 5.41) is 10.3. The van der Waals surface area contributed by atoms with Gasteiger partial charge in [0.25, 0.3) is 0 Å². The van der Waals surface area contributed by atoms with E-state index in [0.717, 1.165) is 11.5 Å². The van der Waals surface area contributed by atoms with Gasteiger partial charge in [-0.1, -0.05) is 13.8 Å². The predicted octanol–water partition coefficient (Wildman–Crippen LogP) is 2.26. The second kappa shape index (κ2) is 7.55. The Bertz CT molecular complexity index is 355. The molecule has 1 heterocycles. The van der Waals surface area contributed by atoms with Gasteiger partial charge in [0.2, 0.25) is 5.60 Å². The first-order valence-electron chi connectivity index (χ1n) is 7.12. The Labute approximate surface area is 135 Å². The number of hydrogen-bond acceptors (Lipinski definition) is 7. The fourth-order valence-electron chi connectivity index (χ4n) is 2.50. The van der Waals surface area contributed by atoms with Crippen LogP contribution in [0.1, 0.15) is 34.6 Å². The third-order valence-electron chi connectivity index (χ3n) is 3.28. The molecule has 0 saturated carbocycles. The Kier molecular flexibility index (Phi) is 6.86. The van der Waals surface area contributed by atoms with Crippen LogP contribution in [0.5, 0.6) is 0 Å². The van der Waals surface area contributed by atoms with Crippen molar-refractivity contribution in [3.8, 4) is 0 Å². The molecule has 0 unspecified atom stereocenters. The average Bonchev–Trinajstić information content (AvgIpc) is 2.70. The van der Waals surface area contributed by atoms with Gasteiger partial charge in [-0.05, 0) is 32.3 Å². The Hall–Kier alpha value is 0.0500. The van der Waals surface area contributed by atoms with Gasteiger partial charge in [0, 0.05) is 0 Å². The average molecular weight is 338 g/mol. The molecule has 124 valence electrons. The molecule has 5 nitrogen and oxygen atoms in total. The van der Waals surface area contributed by atoms with Crippen molar-refractivity contribution in [1.29, 1.82) is 0 Å². The predicted molar refractivity (Wildman–Crippen MR) is 86.5 cm³/mol. The van der Waals surface area contributed by atoms with Crippen molar-refractivity contribution in [2.24, 2.45) is 0 Å². The molecule has 0 aromatic heterocycles. The highest BCUT2D eigenvalue weighted by atomic mass is 32.2. The zero-order chi connectivity index (χ0) is 16.3. The standard InChI is InChI=1S/C14H26O5S2/c1-7-20-11(21-8-2)10-14(9(3)15,12(16)17-6)19-13(4,5)18-10/h9-11,15H,7-8H2,1-6H3/t9-,10+,14-/m0/s1. The Balaban J connectivity index is 3.24. The quantitative estimate of drug-likeness (QED) is 0.564. The van der Waals surface area contributed by atoms with Gasteiger partial charge in [0.1, 0.15) is 6.10 Å². The smallest absolute Gasteiger partial charge is 0.343 e. The van der Waals surface area contributed by atoms with Crippen molar-refractivity contribution >= 4 is 29.5 Å². The first kappa shape index (κ1) is 19.1. The van der Waals surface area contributed by atoms with E-state index in [1.807, 2.05) is 0 Å². The molecular formula is C14H26O5S2. The highest BCUT2D eigenvalue weighted by Crippen LogP contribution is 2.46. The molecule has 3 atom stereocenters. The first-order valence-corrected chi connectivity index (χ1v) is 9.22. The summed E-state index contributed by atoms with van der Waals surface area (Å²) in [6.45, 7) is 9.14. The Morgan fingerprint density at radius 2 is 1.86 bits per heavy atom. The highest BCUT2D eigenvalue weighted by Gasteiger charge is 2.64. The van der Waals surface area contributed by atoms with E-state index < -0.39 is 29.6 Å². The van der Waals surface area contributed by atoms with Gasteiger partial charge < -0.3 is 19.3 Å². The third kappa shape index (κ3) is 3.88. The molecule has 1 aliphatic heterocycles. The van der Waals surface area contributed by atoms with Crippen LogP contribution < -0.4 is 0 Å². The molecule has 0 aromatic rings. The SMILES string of the molecule is CCSC(SCC)[C@H]1OC(C)(C)O[C@@]1(C(=O)OC)[C@H](C)O. The lowest BCUT2D eigenvalue weighted by Crippen LogP contribution is -2.59. The van der Waals surface area contributed by atoms with E-state index in [0.29, 0.717) is 0 Å². The summed E-state index contributed by atoms with van der Waals surface area (Å²) in [5.74, 6) is 0.229. The van der Waals surface area contributed by atoms with Crippen molar-refractivity contribution in [2.75, 3.05) is 18.6 Å². The van der Waals surface area contributed by atoms with E-state index in [4.69, 9.17) is 14.2 Å². The van der Waals surface area contributed by atoms with E-state index in [1.54, 1.807) is 44.3 Å². The summed E-state index contributed by atoms with van der Waals surface area (Å²) in [6, 6.07) is 0. The normalized spacial score (nSPS) is 29.6. The van der Waals surface area contributed by atoms with Gasteiger partial charge in [-0.2, -0.15) is 0 Å². The fourth-order valence-corrected chi connectivity index (χ4v) is 5.23. The summed E-state index contributed by atoms with van der Waals surface area (Å²) in [6.07, 6.45) is -1.61. The lowest BCUT2D eigenvalue weighted by molar-refractivity contribution is -0.203. The number of hydrogen-bond donors (Lipinski definition) is 1. The van der Waals surface area contributed by atoms with Crippen molar-refractivity contribution in [3.63, 3.8) is 0 Å². The number of ether oxygens (including phenoxy) is 3. The number of rotatable bonds is 7. The maximum atomic E-state index is 12.4. The minimum atomic E-state index is -1.49. The Morgan fingerprint density at radius 3 is 2.24 bits per heavy atom. The zero-order valence-electron chi connectivity index (χ0n) is 13.5.